The van der Waals surface area contributed by atoms with Crippen molar-refractivity contribution >= 4 is 11.9 Å². The van der Waals surface area contributed by atoms with Crippen molar-refractivity contribution in [2.75, 3.05) is 0 Å². The highest BCUT2D eigenvalue weighted by molar-refractivity contribution is 5.52. The van der Waals surface area contributed by atoms with Gasteiger partial charge in [0.1, 0.15) is 6.20 Å². The summed E-state index contributed by atoms with van der Waals surface area (Å²) >= 11 is 0. The summed E-state index contributed by atoms with van der Waals surface area (Å²) in [6.07, 6.45) is 2.71. The largest absolute Gasteiger partial charge is 0.501 e. The zero-order chi connectivity index (χ0) is 9.14. The summed E-state index contributed by atoms with van der Waals surface area (Å²) in [5.74, 6) is -0.988. The molecule has 0 radical (unpaired) electrons. The third-order valence-corrected chi connectivity index (χ3v) is 1.28. The lowest BCUT2D eigenvalue weighted by molar-refractivity contribution is -0.390. The molecule has 1 aromatic rings. The Balaban J connectivity index is 3.20. The van der Waals surface area contributed by atoms with Gasteiger partial charge in [0.2, 0.25) is 5.75 Å². The molecule has 0 aliphatic carbocycles. The number of aromatic hydroxyl groups is 1. The fourth-order valence-electron chi connectivity index (χ4n) is 0.714. The van der Waals surface area contributed by atoms with Gasteiger partial charge in [-0.25, -0.2) is 0 Å². The number of nitrogens with zero attached hydrogens (tertiary/aromatic N) is 2. The predicted molar refractivity (Wildman–Crippen MR) is 42.6 cm³/mol. The lowest BCUT2D eigenvalue weighted by atomic mass is 10.3. The summed E-state index contributed by atoms with van der Waals surface area (Å²) in [6.45, 7) is 3.43. The topological polar surface area (TPSA) is 76.3 Å². The standard InChI is InChI=1S/C7H6N2O3/c1-2-5-3-6(10)7(8-4-5)9(11)12/h2-4,10H,1H2. The minimum atomic E-state index is -0.748. The molecular weight excluding hydrogens is 160 g/mol. The first-order chi connectivity index (χ1) is 5.65. The summed E-state index contributed by atoms with van der Waals surface area (Å²) < 4.78 is 0. The average molecular weight is 166 g/mol. The van der Waals surface area contributed by atoms with Gasteiger partial charge in [-0.3, -0.25) is 0 Å². The molecule has 0 saturated heterocycles. The lowest BCUT2D eigenvalue weighted by Gasteiger charge is -1.95. The second kappa shape index (κ2) is 3.00. The molecule has 1 aromatic heterocycles. The molecule has 0 aromatic carbocycles. The smallest absolute Gasteiger partial charge is 0.405 e. The van der Waals surface area contributed by atoms with Crippen molar-refractivity contribution in [3.8, 4) is 5.75 Å². The third kappa shape index (κ3) is 1.39. The predicted octanol–water partition coefficient (Wildman–Crippen LogP) is 1.34. The SMILES string of the molecule is C=Cc1cnc([N+](=O)[O-])c(O)c1. The van der Waals surface area contributed by atoms with E-state index in [1.807, 2.05) is 0 Å². The molecule has 0 spiro atoms. The molecule has 0 bridgehead atoms. The van der Waals surface area contributed by atoms with Crippen LogP contribution in [0.2, 0.25) is 0 Å². The number of nitro groups is 1. The van der Waals surface area contributed by atoms with Crippen molar-refractivity contribution in [3.05, 3.63) is 34.5 Å². The van der Waals surface area contributed by atoms with E-state index in [9.17, 15) is 10.1 Å². The van der Waals surface area contributed by atoms with E-state index in [0.29, 0.717) is 5.56 Å². The first-order valence-electron chi connectivity index (χ1n) is 3.11. The zero-order valence-corrected chi connectivity index (χ0v) is 6.10. The average Bonchev–Trinajstić information content (AvgIpc) is 2.03. The van der Waals surface area contributed by atoms with Gasteiger partial charge < -0.3 is 15.2 Å². The van der Waals surface area contributed by atoms with Crippen LogP contribution in [0, 0.1) is 10.1 Å². The van der Waals surface area contributed by atoms with Crippen molar-refractivity contribution in [1.82, 2.24) is 4.98 Å². The van der Waals surface area contributed by atoms with E-state index in [1.54, 1.807) is 0 Å². The number of hydrogen-bond donors (Lipinski definition) is 1. The maximum atomic E-state index is 10.2. The minimum Gasteiger partial charge on any atom is -0.501 e. The van der Waals surface area contributed by atoms with Gasteiger partial charge in [-0.2, -0.15) is 0 Å². The molecule has 0 aliphatic rings. The summed E-state index contributed by atoms with van der Waals surface area (Å²) in [7, 11) is 0. The highest BCUT2D eigenvalue weighted by atomic mass is 16.6. The molecule has 62 valence electrons. The molecule has 1 rings (SSSR count). The van der Waals surface area contributed by atoms with E-state index in [1.165, 1.54) is 18.3 Å². The van der Waals surface area contributed by atoms with E-state index < -0.39 is 16.5 Å². The molecule has 5 heteroatoms. The number of hydrogen-bond acceptors (Lipinski definition) is 4. The molecule has 1 heterocycles. The van der Waals surface area contributed by atoms with Crippen molar-refractivity contribution in [3.63, 3.8) is 0 Å². The van der Waals surface area contributed by atoms with Gasteiger partial charge in [0.25, 0.3) is 0 Å². The molecule has 12 heavy (non-hydrogen) atoms. The summed E-state index contributed by atoms with van der Waals surface area (Å²) in [5.41, 5.74) is 0.540. The first kappa shape index (κ1) is 8.19. The van der Waals surface area contributed by atoms with Crippen LogP contribution in [0.4, 0.5) is 5.82 Å². The first-order valence-corrected chi connectivity index (χ1v) is 3.11. The van der Waals surface area contributed by atoms with Gasteiger partial charge in [-0.05, 0) is 16.0 Å². The van der Waals surface area contributed by atoms with Crippen LogP contribution in [0.3, 0.4) is 0 Å². The van der Waals surface area contributed by atoms with E-state index in [-0.39, 0.29) is 0 Å². The second-order valence-corrected chi connectivity index (χ2v) is 2.07. The van der Waals surface area contributed by atoms with Crippen molar-refractivity contribution in [2.45, 2.75) is 0 Å². The van der Waals surface area contributed by atoms with Crippen LogP contribution < -0.4 is 0 Å². The van der Waals surface area contributed by atoms with Crippen molar-refractivity contribution in [1.29, 1.82) is 0 Å². The van der Waals surface area contributed by atoms with Crippen LogP contribution in [0.5, 0.6) is 5.75 Å². The Morgan fingerprint density at radius 1 is 1.75 bits per heavy atom. The summed E-state index contributed by atoms with van der Waals surface area (Å²) in [4.78, 5) is 12.9. The highest BCUT2D eigenvalue weighted by Crippen LogP contribution is 2.23. The Morgan fingerprint density at radius 3 is 2.83 bits per heavy atom. The molecule has 0 saturated carbocycles. The maximum Gasteiger partial charge on any atom is 0.405 e. The third-order valence-electron chi connectivity index (χ3n) is 1.28. The normalized spacial score (nSPS) is 9.33. The van der Waals surface area contributed by atoms with Crippen molar-refractivity contribution in [2.24, 2.45) is 0 Å². The number of aromatic nitrogens is 1. The van der Waals surface area contributed by atoms with Crippen LogP contribution in [-0.2, 0) is 0 Å². The molecule has 5 nitrogen and oxygen atoms in total. The Morgan fingerprint density at radius 2 is 2.42 bits per heavy atom. The van der Waals surface area contributed by atoms with Gasteiger partial charge in [0, 0.05) is 5.56 Å². The zero-order valence-electron chi connectivity index (χ0n) is 6.10. The van der Waals surface area contributed by atoms with Gasteiger partial charge in [0.15, 0.2) is 0 Å². The summed E-state index contributed by atoms with van der Waals surface area (Å²) in [5, 5.41) is 19.2. The van der Waals surface area contributed by atoms with Gasteiger partial charge in [-0.15, -0.1) is 0 Å². The molecule has 0 unspecified atom stereocenters. The van der Waals surface area contributed by atoms with Crippen LogP contribution in [0.15, 0.2) is 18.8 Å². The van der Waals surface area contributed by atoms with Gasteiger partial charge in [0.05, 0.1) is 0 Å². The van der Waals surface area contributed by atoms with E-state index in [4.69, 9.17) is 5.11 Å². The van der Waals surface area contributed by atoms with Crippen LogP contribution in [0.1, 0.15) is 5.56 Å². The minimum absolute atomic E-state index is 0.447. The van der Waals surface area contributed by atoms with Crippen LogP contribution in [0.25, 0.3) is 6.08 Å². The fourth-order valence-corrected chi connectivity index (χ4v) is 0.714. The molecule has 0 aliphatic heterocycles. The molecule has 1 N–H and O–H groups in total. The van der Waals surface area contributed by atoms with E-state index >= 15 is 0 Å². The quantitative estimate of drug-likeness (QED) is 0.531. The monoisotopic (exact) mass is 166 g/mol. The number of rotatable bonds is 2. The van der Waals surface area contributed by atoms with Crippen LogP contribution >= 0.6 is 0 Å². The Labute approximate surface area is 68.1 Å². The van der Waals surface area contributed by atoms with Gasteiger partial charge in [-0.1, -0.05) is 12.7 Å². The summed E-state index contributed by atoms with van der Waals surface area (Å²) in [6, 6.07) is 1.23. The fraction of sp³-hybridized carbons (Fsp3) is 0. The Kier molecular flexibility index (Phi) is 2.05. The van der Waals surface area contributed by atoms with E-state index in [2.05, 4.69) is 11.6 Å². The van der Waals surface area contributed by atoms with E-state index in [0.717, 1.165) is 0 Å². The van der Waals surface area contributed by atoms with Gasteiger partial charge >= 0.3 is 5.82 Å². The second-order valence-electron chi connectivity index (χ2n) is 2.07. The maximum absolute atomic E-state index is 10.2. The Hall–Kier alpha value is -1.91. The number of pyridine rings is 1. The van der Waals surface area contributed by atoms with Crippen LogP contribution in [-0.4, -0.2) is 15.0 Å². The lowest BCUT2D eigenvalue weighted by Crippen LogP contribution is -1.92. The highest BCUT2D eigenvalue weighted by Gasteiger charge is 2.13. The molecular formula is C7H6N2O3. The molecule has 0 atom stereocenters. The van der Waals surface area contributed by atoms with Crippen molar-refractivity contribution < 1.29 is 10.0 Å². The molecule has 0 fully saturated rings. The Bertz CT molecular complexity index is 335. The molecule has 0 amide bonds.